The zero-order valence-electron chi connectivity index (χ0n) is 14.8. The van der Waals surface area contributed by atoms with Crippen molar-refractivity contribution in [2.75, 3.05) is 13.1 Å². The molecule has 1 aliphatic heterocycles. The van der Waals surface area contributed by atoms with Gasteiger partial charge in [-0.2, -0.15) is 4.31 Å². The number of carbonyl (C=O) groups excluding carboxylic acids is 2. The minimum absolute atomic E-state index is 0.0207. The molecular formula is C18H19ClN4O4S. The van der Waals surface area contributed by atoms with E-state index in [0.717, 1.165) is 9.87 Å². The molecule has 0 bridgehead atoms. The molecule has 28 heavy (non-hydrogen) atoms. The van der Waals surface area contributed by atoms with Crippen LogP contribution in [0.3, 0.4) is 0 Å². The van der Waals surface area contributed by atoms with Crippen LogP contribution >= 0.6 is 11.6 Å². The number of hydrogen-bond donors (Lipinski definition) is 2. The van der Waals surface area contributed by atoms with Crippen molar-refractivity contribution >= 4 is 33.4 Å². The van der Waals surface area contributed by atoms with Crippen LogP contribution in [-0.4, -0.2) is 48.7 Å². The largest absolute Gasteiger partial charge is 0.353 e. The number of nitrogens with one attached hydrogen (secondary N) is 2. The molecule has 2 aromatic rings. The number of nitrogens with zero attached hydrogens (tertiary/aromatic N) is 2. The highest BCUT2D eigenvalue weighted by molar-refractivity contribution is 7.89. The maximum atomic E-state index is 13.0. The normalized spacial score (nSPS) is 17.8. The Hall–Kier alpha value is -2.49. The van der Waals surface area contributed by atoms with Crippen LogP contribution in [0.4, 0.5) is 0 Å². The summed E-state index contributed by atoms with van der Waals surface area (Å²) in [7, 11) is -3.95. The number of benzene rings is 1. The number of halogens is 1. The average Bonchev–Trinajstić information content (AvgIpc) is 2.69. The van der Waals surface area contributed by atoms with E-state index in [1.807, 2.05) is 0 Å². The van der Waals surface area contributed by atoms with E-state index in [9.17, 15) is 18.0 Å². The van der Waals surface area contributed by atoms with Crippen molar-refractivity contribution in [3.05, 3.63) is 59.4 Å². The number of hydrogen-bond acceptors (Lipinski definition) is 5. The third-order valence-corrected chi connectivity index (χ3v) is 6.47. The number of rotatable bonds is 6. The minimum atomic E-state index is -3.95. The summed E-state index contributed by atoms with van der Waals surface area (Å²) in [5.74, 6) is -0.928. The van der Waals surface area contributed by atoms with Crippen LogP contribution < -0.4 is 10.6 Å². The molecule has 0 radical (unpaired) electrons. The van der Waals surface area contributed by atoms with Gasteiger partial charge in [-0.05, 0) is 35.9 Å². The quantitative estimate of drug-likeness (QED) is 0.719. The van der Waals surface area contributed by atoms with E-state index in [1.54, 1.807) is 24.5 Å². The summed E-state index contributed by atoms with van der Waals surface area (Å²) in [5.41, 5.74) is 0.801. The van der Waals surface area contributed by atoms with Gasteiger partial charge in [0.15, 0.2) is 0 Å². The fraction of sp³-hybridized carbons (Fsp3) is 0.278. The molecule has 0 aliphatic carbocycles. The molecule has 148 valence electrons. The van der Waals surface area contributed by atoms with E-state index in [0.29, 0.717) is 5.02 Å². The van der Waals surface area contributed by atoms with Crippen molar-refractivity contribution in [3.8, 4) is 0 Å². The molecule has 1 aromatic carbocycles. The van der Waals surface area contributed by atoms with Crippen molar-refractivity contribution in [2.24, 2.45) is 0 Å². The van der Waals surface area contributed by atoms with Gasteiger partial charge in [-0.25, -0.2) is 8.42 Å². The molecule has 0 saturated carbocycles. The van der Waals surface area contributed by atoms with Gasteiger partial charge in [0, 0.05) is 37.1 Å². The van der Waals surface area contributed by atoms with E-state index < -0.39 is 27.9 Å². The van der Waals surface area contributed by atoms with Crippen LogP contribution in [0, 0.1) is 0 Å². The lowest BCUT2D eigenvalue weighted by atomic mass is 10.1. The van der Waals surface area contributed by atoms with Crippen molar-refractivity contribution in [3.63, 3.8) is 0 Å². The second-order valence-electron chi connectivity index (χ2n) is 6.22. The summed E-state index contributed by atoms with van der Waals surface area (Å²) >= 11 is 5.82. The Morgan fingerprint density at radius 2 is 2.04 bits per heavy atom. The Morgan fingerprint density at radius 1 is 1.29 bits per heavy atom. The first-order chi connectivity index (χ1) is 13.4. The lowest BCUT2D eigenvalue weighted by molar-refractivity contribution is -0.131. The molecule has 1 saturated heterocycles. The van der Waals surface area contributed by atoms with E-state index in [-0.39, 0.29) is 31.0 Å². The maximum Gasteiger partial charge on any atom is 0.243 e. The standard InChI is InChI=1S/C18H19ClN4O4S/c19-14-3-5-15(6-4-14)28(26,27)23-9-8-21-18(25)16(23)10-17(24)22-12-13-2-1-7-20-11-13/h1-7,11,16H,8-10,12H2,(H,21,25)(H,22,24). The zero-order valence-corrected chi connectivity index (χ0v) is 16.4. The van der Waals surface area contributed by atoms with Crippen molar-refractivity contribution < 1.29 is 18.0 Å². The van der Waals surface area contributed by atoms with Gasteiger partial charge in [0.25, 0.3) is 0 Å². The first kappa shape index (κ1) is 20.2. The topological polar surface area (TPSA) is 108 Å². The van der Waals surface area contributed by atoms with Crippen LogP contribution in [0.15, 0.2) is 53.7 Å². The van der Waals surface area contributed by atoms with Crippen molar-refractivity contribution in [1.29, 1.82) is 0 Å². The summed E-state index contributed by atoms with van der Waals surface area (Å²) in [6.07, 6.45) is 2.96. The fourth-order valence-electron chi connectivity index (χ4n) is 2.87. The predicted molar refractivity (Wildman–Crippen MR) is 103 cm³/mol. The van der Waals surface area contributed by atoms with Crippen LogP contribution in [0.25, 0.3) is 0 Å². The van der Waals surface area contributed by atoms with E-state index >= 15 is 0 Å². The Balaban J connectivity index is 1.74. The Bertz CT molecular complexity index is 951. The number of sulfonamides is 1. The van der Waals surface area contributed by atoms with Crippen molar-refractivity contribution in [1.82, 2.24) is 19.9 Å². The molecule has 0 spiro atoms. The van der Waals surface area contributed by atoms with Gasteiger partial charge in [-0.3, -0.25) is 14.6 Å². The number of carbonyl (C=O) groups is 2. The van der Waals surface area contributed by atoms with Gasteiger partial charge in [-0.15, -0.1) is 0 Å². The van der Waals surface area contributed by atoms with Crippen molar-refractivity contribution in [2.45, 2.75) is 23.9 Å². The molecule has 2 heterocycles. The Labute approximate surface area is 168 Å². The third kappa shape index (κ3) is 4.67. The van der Waals surface area contributed by atoms with E-state index in [2.05, 4.69) is 15.6 Å². The smallest absolute Gasteiger partial charge is 0.243 e. The lowest BCUT2D eigenvalue weighted by Crippen LogP contribution is -2.58. The van der Waals surface area contributed by atoms with Crippen LogP contribution in [0.2, 0.25) is 5.02 Å². The molecule has 10 heteroatoms. The molecule has 1 atom stereocenters. The first-order valence-corrected chi connectivity index (χ1v) is 10.4. The molecule has 8 nitrogen and oxygen atoms in total. The summed E-state index contributed by atoms with van der Waals surface area (Å²) < 4.78 is 27.0. The molecule has 1 aromatic heterocycles. The second kappa shape index (κ2) is 8.68. The van der Waals surface area contributed by atoms with Crippen LogP contribution in [0.1, 0.15) is 12.0 Å². The number of amides is 2. The van der Waals surface area contributed by atoms with Gasteiger partial charge in [-0.1, -0.05) is 17.7 Å². The molecule has 1 aliphatic rings. The maximum absolute atomic E-state index is 13.0. The van der Waals surface area contributed by atoms with Crippen LogP contribution in [0.5, 0.6) is 0 Å². The third-order valence-electron chi connectivity index (χ3n) is 4.29. The highest BCUT2D eigenvalue weighted by atomic mass is 35.5. The zero-order chi connectivity index (χ0) is 20.1. The second-order valence-corrected chi connectivity index (χ2v) is 8.55. The van der Waals surface area contributed by atoms with Gasteiger partial charge >= 0.3 is 0 Å². The number of piperazine rings is 1. The van der Waals surface area contributed by atoms with Gasteiger partial charge in [0.05, 0.1) is 11.3 Å². The summed E-state index contributed by atoms with van der Waals surface area (Å²) in [6, 6.07) is 8.12. The minimum Gasteiger partial charge on any atom is -0.353 e. The van der Waals surface area contributed by atoms with Gasteiger partial charge in [0.1, 0.15) is 6.04 Å². The molecule has 1 unspecified atom stereocenters. The van der Waals surface area contributed by atoms with E-state index in [1.165, 1.54) is 24.3 Å². The predicted octanol–water partition coefficient (Wildman–Crippen LogP) is 0.931. The monoisotopic (exact) mass is 422 g/mol. The average molecular weight is 423 g/mol. The van der Waals surface area contributed by atoms with E-state index in [4.69, 9.17) is 11.6 Å². The summed E-state index contributed by atoms with van der Waals surface area (Å²) in [5, 5.41) is 5.71. The fourth-order valence-corrected chi connectivity index (χ4v) is 4.58. The summed E-state index contributed by atoms with van der Waals surface area (Å²) in [6.45, 7) is 0.502. The Morgan fingerprint density at radius 3 is 2.71 bits per heavy atom. The summed E-state index contributed by atoms with van der Waals surface area (Å²) in [4.78, 5) is 28.6. The van der Waals surface area contributed by atoms with Gasteiger partial charge in [0.2, 0.25) is 21.8 Å². The number of pyridine rings is 1. The highest BCUT2D eigenvalue weighted by Crippen LogP contribution is 2.23. The Kier molecular flexibility index (Phi) is 6.28. The lowest BCUT2D eigenvalue weighted by Gasteiger charge is -2.33. The molecular weight excluding hydrogens is 404 g/mol. The molecule has 1 fully saturated rings. The van der Waals surface area contributed by atoms with Gasteiger partial charge < -0.3 is 10.6 Å². The number of aromatic nitrogens is 1. The first-order valence-electron chi connectivity index (χ1n) is 8.58. The van der Waals surface area contributed by atoms with Crippen LogP contribution in [-0.2, 0) is 26.2 Å². The highest BCUT2D eigenvalue weighted by Gasteiger charge is 2.39. The molecule has 2 N–H and O–H groups in total. The molecule has 2 amide bonds. The SMILES string of the molecule is O=C(CC1C(=O)NCCN1S(=O)(=O)c1ccc(Cl)cc1)NCc1cccnc1. The molecule has 3 rings (SSSR count).